The van der Waals surface area contributed by atoms with Crippen molar-refractivity contribution in [3.63, 3.8) is 0 Å². The molecule has 2 fully saturated rings. The van der Waals surface area contributed by atoms with E-state index in [9.17, 15) is 22.8 Å². The minimum absolute atomic E-state index is 0.0812. The summed E-state index contributed by atoms with van der Waals surface area (Å²) in [6, 6.07) is 9.08. The second kappa shape index (κ2) is 9.66. The first-order chi connectivity index (χ1) is 16.2. The number of nitrogens with zero attached hydrogens (tertiary/aromatic N) is 3. The van der Waals surface area contributed by atoms with Gasteiger partial charge >= 0.3 is 6.18 Å². The normalized spacial score (nSPS) is 21.5. The summed E-state index contributed by atoms with van der Waals surface area (Å²) in [5, 5.41) is 11.0. The summed E-state index contributed by atoms with van der Waals surface area (Å²) in [6.45, 7) is 1.82. The molecule has 0 unspecified atom stereocenters. The molecule has 1 aromatic heterocycles. The molecule has 6 nitrogen and oxygen atoms in total. The van der Waals surface area contributed by atoms with Gasteiger partial charge in [-0.1, -0.05) is 6.07 Å². The van der Waals surface area contributed by atoms with E-state index in [2.05, 4.69) is 0 Å². The van der Waals surface area contributed by atoms with Gasteiger partial charge in [0.1, 0.15) is 0 Å². The Morgan fingerprint density at radius 3 is 2.50 bits per heavy atom. The Morgan fingerprint density at radius 2 is 1.91 bits per heavy atom. The molecule has 0 bridgehead atoms. The average Bonchev–Trinajstić information content (AvgIpc) is 3.48. The van der Waals surface area contributed by atoms with Gasteiger partial charge in [0.05, 0.1) is 29.5 Å². The van der Waals surface area contributed by atoms with Crippen LogP contribution >= 0.6 is 11.3 Å². The van der Waals surface area contributed by atoms with Crippen LogP contribution in [0.2, 0.25) is 0 Å². The molecule has 2 aromatic rings. The first-order valence-corrected chi connectivity index (χ1v) is 12.0. The summed E-state index contributed by atoms with van der Waals surface area (Å²) in [6.07, 6.45) is -2.82. The molecule has 2 saturated heterocycles. The number of hydrogen-bond acceptors (Lipinski definition) is 5. The van der Waals surface area contributed by atoms with Gasteiger partial charge in [0, 0.05) is 36.7 Å². The highest BCUT2D eigenvalue weighted by atomic mass is 32.1. The van der Waals surface area contributed by atoms with Crippen molar-refractivity contribution in [3.8, 4) is 6.07 Å². The molecule has 2 amide bonds. The van der Waals surface area contributed by atoms with Gasteiger partial charge in [0.15, 0.2) is 0 Å². The third-order valence-corrected chi connectivity index (χ3v) is 7.80. The lowest BCUT2D eigenvalue weighted by atomic mass is 9.78. The number of rotatable bonds is 5. The number of nitrogens with two attached hydrogens (primary N) is 1. The highest BCUT2D eigenvalue weighted by Crippen LogP contribution is 2.40. The van der Waals surface area contributed by atoms with Crippen molar-refractivity contribution in [3.05, 3.63) is 51.7 Å². The molecular weight excluding hydrogens is 465 g/mol. The van der Waals surface area contributed by atoms with Crippen LogP contribution in [0.15, 0.2) is 35.7 Å². The lowest BCUT2D eigenvalue weighted by Crippen LogP contribution is -2.43. The minimum atomic E-state index is -4.65. The number of thiophene rings is 1. The Morgan fingerprint density at radius 1 is 1.18 bits per heavy atom. The number of nitriles is 1. The number of amides is 2. The molecule has 0 aliphatic carbocycles. The Kier molecular flexibility index (Phi) is 6.84. The maximum atomic E-state index is 13.4. The smallest absolute Gasteiger partial charge is 0.370 e. The lowest BCUT2D eigenvalue weighted by molar-refractivity contribution is -0.137. The van der Waals surface area contributed by atoms with Gasteiger partial charge in [0.2, 0.25) is 11.8 Å². The van der Waals surface area contributed by atoms with Gasteiger partial charge in [-0.05, 0) is 54.3 Å². The van der Waals surface area contributed by atoms with E-state index < -0.39 is 29.1 Å². The summed E-state index contributed by atoms with van der Waals surface area (Å²) in [5.74, 6) is -0.819. The van der Waals surface area contributed by atoms with E-state index in [0.29, 0.717) is 31.7 Å². The molecule has 2 atom stereocenters. The zero-order valence-corrected chi connectivity index (χ0v) is 19.2. The number of piperidine rings is 1. The highest BCUT2D eigenvalue weighted by molar-refractivity contribution is 7.10. The van der Waals surface area contributed by atoms with E-state index in [1.807, 2.05) is 22.4 Å². The molecule has 2 aliphatic heterocycles. The molecule has 0 radical (unpaired) electrons. The fourth-order valence-corrected chi connectivity index (χ4v) is 5.83. The van der Waals surface area contributed by atoms with Crippen molar-refractivity contribution < 1.29 is 22.8 Å². The maximum Gasteiger partial charge on any atom is 0.417 e. The van der Waals surface area contributed by atoms with E-state index >= 15 is 0 Å². The van der Waals surface area contributed by atoms with Crippen LogP contribution in [0.25, 0.3) is 0 Å². The summed E-state index contributed by atoms with van der Waals surface area (Å²) >= 11 is 1.55. The van der Waals surface area contributed by atoms with Crippen LogP contribution in [0.1, 0.15) is 28.8 Å². The van der Waals surface area contributed by atoms with Gasteiger partial charge in [-0.25, -0.2) is 0 Å². The van der Waals surface area contributed by atoms with Crippen molar-refractivity contribution in [1.82, 2.24) is 4.90 Å². The minimum Gasteiger partial charge on any atom is -0.370 e. The van der Waals surface area contributed by atoms with Gasteiger partial charge in [-0.3, -0.25) is 9.59 Å². The molecule has 0 spiro atoms. The molecule has 1 aromatic carbocycles. The largest absolute Gasteiger partial charge is 0.417 e. The van der Waals surface area contributed by atoms with Crippen LogP contribution in [0, 0.1) is 29.1 Å². The summed E-state index contributed by atoms with van der Waals surface area (Å²) < 4.78 is 40.3. The van der Waals surface area contributed by atoms with Crippen LogP contribution in [0.3, 0.4) is 0 Å². The van der Waals surface area contributed by atoms with Gasteiger partial charge in [-0.15, -0.1) is 11.3 Å². The number of carbonyl (C=O) groups excluding carboxylic acids is 2. The van der Waals surface area contributed by atoms with Crippen molar-refractivity contribution in [2.24, 2.45) is 23.5 Å². The highest BCUT2D eigenvalue weighted by Gasteiger charge is 2.43. The number of halogens is 3. The van der Waals surface area contributed by atoms with E-state index in [-0.39, 0.29) is 24.3 Å². The van der Waals surface area contributed by atoms with E-state index in [4.69, 9.17) is 11.0 Å². The molecule has 10 heteroatoms. The Bertz CT molecular complexity index is 1090. The second-order valence-corrected chi connectivity index (χ2v) is 9.92. The predicted octanol–water partition coefficient (Wildman–Crippen LogP) is 3.66. The van der Waals surface area contributed by atoms with E-state index in [1.165, 1.54) is 12.1 Å². The van der Waals surface area contributed by atoms with Crippen molar-refractivity contribution in [1.29, 1.82) is 5.26 Å². The molecule has 34 heavy (non-hydrogen) atoms. The van der Waals surface area contributed by atoms with Crippen molar-refractivity contribution >= 4 is 28.8 Å². The molecule has 0 saturated carbocycles. The van der Waals surface area contributed by atoms with Crippen LogP contribution in [0.4, 0.5) is 18.9 Å². The van der Waals surface area contributed by atoms with Gasteiger partial charge in [-0.2, -0.15) is 18.4 Å². The topological polar surface area (TPSA) is 90.4 Å². The second-order valence-electron chi connectivity index (χ2n) is 8.89. The molecule has 2 aliphatic rings. The number of hydrogen-bond donors (Lipinski definition) is 1. The number of benzene rings is 1. The zero-order valence-electron chi connectivity index (χ0n) is 18.4. The molecular formula is C24H25F3N4O2S. The van der Waals surface area contributed by atoms with Gasteiger partial charge < -0.3 is 15.5 Å². The molecule has 2 N–H and O–H groups in total. The molecule has 180 valence electrons. The van der Waals surface area contributed by atoms with Crippen LogP contribution < -0.4 is 10.6 Å². The Balaban J connectivity index is 1.45. The summed E-state index contributed by atoms with van der Waals surface area (Å²) in [7, 11) is 0. The number of anilines is 1. The SMILES string of the molecule is N#Cc1ccc(N2C[C@@H](C(N)=O)[C@H](C3CCN(C(=O)Cc4cccs4)CC3)C2)cc1C(F)(F)F. The number of primary amides is 1. The lowest BCUT2D eigenvalue weighted by Gasteiger charge is -2.36. The van der Waals surface area contributed by atoms with E-state index in [1.54, 1.807) is 22.3 Å². The predicted molar refractivity (Wildman–Crippen MR) is 122 cm³/mol. The third-order valence-electron chi connectivity index (χ3n) is 6.93. The summed E-state index contributed by atoms with van der Waals surface area (Å²) in [5.41, 5.74) is 4.59. The van der Waals surface area contributed by atoms with E-state index in [0.717, 1.165) is 23.8 Å². The molecule has 4 rings (SSSR count). The van der Waals surface area contributed by atoms with Crippen molar-refractivity contribution in [2.45, 2.75) is 25.4 Å². The quantitative estimate of drug-likeness (QED) is 0.693. The third kappa shape index (κ3) is 5.04. The van der Waals surface area contributed by atoms with Crippen molar-refractivity contribution in [2.75, 3.05) is 31.1 Å². The van der Waals surface area contributed by atoms with Crippen LogP contribution in [-0.4, -0.2) is 42.9 Å². The fourth-order valence-electron chi connectivity index (χ4n) is 5.13. The Hall–Kier alpha value is -3.06. The Labute approximate surface area is 199 Å². The first kappa shape index (κ1) is 24.1. The number of alkyl halides is 3. The van der Waals surface area contributed by atoms with Crippen LogP contribution in [0.5, 0.6) is 0 Å². The number of carbonyl (C=O) groups is 2. The van der Waals surface area contributed by atoms with Crippen LogP contribution in [-0.2, 0) is 22.2 Å². The maximum absolute atomic E-state index is 13.4. The zero-order chi connectivity index (χ0) is 24.5. The summed E-state index contributed by atoms with van der Waals surface area (Å²) in [4.78, 5) is 29.4. The monoisotopic (exact) mass is 490 g/mol. The standard InChI is InChI=1S/C24H25F3N4O2S/c25-24(26,27)21-10-17(4-3-16(21)12-28)31-13-19(20(14-31)23(29)33)15-5-7-30(8-6-15)22(32)11-18-2-1-9-34-18/h1-4,9-10,15,19-20H,5-8,11,13-14H2,(H2,29,33)/t19-,20+/m0/s1. The average molecular weight is 491 g/mol. The van der Waals surface area contributed by atoms with Gasteiger partial charge in [0.25, 0.3) is 0 Å². The molecule has 3 heterocycles. The first-order valence-electron chi connectivity index (χ1n) is 11.1. The number of likely N-dealkylation sites (tertiary alicyclic amines) is 1. The fraction of sp³-hybridized carbons (Fsp3) is 0.458.